The van der Waals surface area contributed by atoms with Crippen molar-refractivity contribution < 1.29 is 4.79 Å². The Morgan fingerprint density at radius 2 is 2.00 bits per heavy atom. The van der Waals surface area contributed by atoms with E-state index in [0.29, 0.717) is 5.69 Å². The van der Waals surface area contributed by atoms with Gasteiger partial charge in [0.25, 0.3) is 5.91 Å². The van der Waals surface area contributed by atoms with Gasteiger partial charge in [0.15, 0.2) is 0 Å². The lowest BCUT2D eigenvalue weighted by molar-refractivity contribution is 0.0933. The zero-order valence-electron chi connectivity index (χ0n) is 13.2. The molecule has 4 nitrogen and oxygen atoms in total. The van der Waals surface area contributed by atoms with Crippen molar-refractivity contribution in [2.45, 2.75) is 33.2 Å². The van der Waals surface area contributed by atoms with Gasteiger partial charge < -0.3 is 15.2 Å². The van der Waals surface area contributed by atoms with Crippen LogP contribution in [0.15, 0.2) is 12.1 Å². The Kier molecular flexibility index (Phi) is 3.49. The number of benzene rings is 1. The van der Waals surface area contributed by atoms with Gasteiger partial charge in [-0.05, 0) is 57.5 Å². The highest BCUT2D eigenvalue weighted by molar-refractivity contribution is 6.02. The van der Waals surface area contributed by atoms with Crippen LogP contribution in [0.2, 0.25) is 0 Å². The van der Waals surface area contributed by atoms with Gasteiger partial charge in [0.05, 0.1) is 0 Å². The number of fused-ring (bicyclic) bond motifs is 1. The van der Waals surface area contributed by atoms with E-state index in [4.69, 9.17) is 0 Å². The second-order valence-corrected chi connectivity index (χ2v) is 6.30. The summed E-state index contributed by atoms with van der Waals surface area (Å²) >= 11 is 0. The molecular formula is C17H23N3O. The number of hydrogen-bond acceptors (Lipinski definition) is 2. The summed E-state index contributed by atoms with van der Waals surface area (Å²) in [6.07, 6.45) is 1.03. The van der Waals surface area contributed by atoms with E-state index in [-0.39, 0.29) is 11.9 Å². The number of nitrogens with zero attached hydrogens (tertiary/aromatic N) is 1. The first-order chi connectivity index (χ1) is 9.97. The quantitative estimate of drug-likeness (QED) is 0.891. The Bertz CT molecular complexity index is 702. The maximum atomic E-state index is 12.6. The van der Waals surface area contributed by atoms with Crippen LogP contribution in [0, 0.1) is 20.8 Å². The first kappa shape index (κ1) is 14.1. The van der Waals surface area contributed by atoms with Crippen molar-refractivity contribution in [3.05, 3.63) is 34.5 Å². The molecule has 1 unspecified atom stereocenters. The van der Waals surface area contributed by atoms with Crippen LogP contribution in [0.5, 0.6) is 0 Å². The van der Waals surface area contributed by atoms with Crippen LogP contribution in [-0.2, 0) is 0 Å². The van der Waals surface area contributed by atoms with Gasteiger partial charge in [-0.3, -0.25) is 4.79 Å². The summed E-state index contributed by atoms with van der Waals surface area (Å²) in [6, 6.07) is 4.48. The normalized spacial score (nSPS) is 19.3. The number of amides is 1. The molecule has 0 spiro atoms. The van der Waals surface area contributed by atoms with Crippen molar-refractivity contribution in [2.75, 3.05) is 20.1 Å². The van der Waals surface area contributed by atoms with E-state index in [2.05, 4.69) is 48.2 Å². The average Bonchev–Trinajstić information content (AvgIpc) is 2.99. The lowest BCUT2D eigenvalue weighted by atomic mass is 10.0. The van der Waals surface area contributed by atoms with Crippen molar-refractivity contribution >= 4 is 16.8 Å². The third kappa shape index (κ3) is 2.44. The first-order valence-electron chi connectivity index (χ1n) is 7.55. The minimum absolute atomic E-state index is 0.0165. The second-order valence-electron chi connectivity index (χ2n) is 6.30. The number of rotatable bonds is 2. The fourth-order valence-electron chi connectivity index (χ4n) is 3.34. The molecule has 1 aromatic heterocycles. The highest BCUT2D eigenvalue weighted by atomic mass is 16.2. The average molecular weight is 285 g/mol. The van der Waals surface area contributed by atoms with Crippen LogP contribution in [-0.4, -0.2) is 42.0 Å². The van der Waals surface area contributed by atoms with E-state index < -0.39 is 0 Å². The maximum absolute atomic E-state index is 12.6. The number of carbonyl (C=O) groups excluding carboxylic acids is 1. The Hall–Kier alpha value is -1.81. The fourth-order valence-corrected chi connectivity index (χ4v) is 3.34. The van der Waals surface area contributed by atoms with Gasteiger partial charge in [-0.25, -0.2) is 0 Å². The highest BCUT2D eigenvalue weighted by Crippen LogP contribution is 2.27. The Labute approximate surface area is 125 Å². The smallest absolute Gasteiger partial charge is 0.268 e. The van der Waals surface area contributed by atoms with Crippen LogP contribution < -0.4 is 5.32 Å². The molecule has 1 aliphatic heterocycles. The lowest BCUT2D eigenvalue weighted by Gasteiger charge is -2.12. The van der Waals surface area contributed by atoms with Gasteiger partial charge in [0, 0.05) is 23.5 Å². The predicted octanol–water partition coefficient (Wildman–Crippen LogP) is 2.53. The molecule has 2 aromatic rings. The Morgan fingerprint density at radius 1 is 1.29 bits per heavy atom. The topological polar surface area (TPSA) is 48.1 Å². The van der Waals surface area contributed by atoms with Crippen molar-refractivity contribution in [1.29, 1.82) is 0 Å². The lowest BCUT2D eigenvalue weighted by Crippen LogP contribution is -2.36. The third-order valence-corrected chi connectivity index (χ3v) is 4.58. The van der Waals surface area contributed by atoms with Gasteiger partial charge in [0.2, 0.25) is 0 Å². The molecule has 1 saturated heterocycles. The number of likely N-dealkylation sites (tertiary alicyclic amines) is 1. The Morgan fingerprint density at radius 3 is 2.62 bits per heavy atom. The zero-order chi connectivity index (χ0) is 15.1. The molecular weight excluding hydrogens is 262 g/mol. The minimum atomic E-state index is 0.0165. The van der Waals surface area contributed by atoms with E-state index in [1.54, 1.807) is 0 Å². The number of H-pyrrole nitrogens is 1. The third-order valence-electron chi connectivity index (χ3n) is 4.58. The van der Waals surface area contributed by atoms with Gasteiger partial charge in [-0.1, -0.05) is 12.1 Å². The van der Waals surface area contributed by atoms with Gasteiger partial charge in [-0.2, -0.15) is 0 Å². The van der Waals surface area contributed by atoms with Crippen LogP contribution in [0.25, 0.3) is 10.9 Å². The van der Waals surface area contributed by atoms with Crippen LogP contribution in [0.1, 0.15) is 33.6 Å². The van der Waals surface area contributed by atoms with Crippen LogP contribution in [0.3, 0.4) is 0 Å². The molecule has 1 aromatic carbocycles. The molecule has 1 atom stereocenters. The molecule has 0 aliphatic carbocycles. The van der Waals surface area contributed by atoms with Crippen LogP contribution >= 0.6 is 0 Å². The van der Waals surface area contributed by atoms with E-state index in [1.807, 2.05) is 6.92 Å². The molecule has 0 saturated carbocycles. The molecule has 1 fully saturated rings. The van der Waals surface area contributed by atoms with E-state index >= 15 is 0 Å². The molecule has 0 radical (unpaired) electrons. The Balaban J connectivity index is 1.93. The summed E-state index contributed by atoms with van der Waals surface area (Å²) in [5, 5.41) is 4.34. The van der Waals surface area contributed by atoms with Gasteiger partial charge in [0.1, 0.15) is 5.69 Å². The summed E-state index contributed by atoms with van der Waals surface area (Å²) in [4.78, 5) is 18.1. The minimum Gasteiger partial charge on any atom is -0.350 e. The molecule has 112 valence electrons. The number of aromatic amines is 1. The van der Waals surface area contributed by atoms with Gasteiger partial charge >= 0.3 is 0 Å². The molecule has 21 heavy (non-hydrogen) atoms. The van der Waals surface area contributed by atoms with Crippen molar-refractivity contribution in [2.24, 2.45) is 0 Å². The molecule has 3 rings (SSSR count). The number of hydrogen-bond donors (Lipinski definition) is 2. The van der Waals surface area contributed by atoms with Crippen LogP contribution in [0.4, 0.5) is 0 Å². The summed E-state index contributed by atoms with van der Waals surface area (Å²) in [5.41, 5.74) is 5.23. The zero-order valence-corrected chi connectivity index (χ0v) is 13.2. The number of aromatic nitrogens is 1. The predicted molar refractivity (Wildman–Crippen MR) is 85.9 cm³/mol. The molecule has 4 heteroatoms. The number of nitrogens with one attached hydrogen (secondary N) is 2. The maximum Gasteiger partial charge on any atom is 0.268 e. The van der Waals surface area contributed by atoms with Gasteiger partial charge in [-0.15, -0.1) is 0 Å². The summed E-state index contributed by atoms with van der Waals surface area (Å²) < 4.78 is 0. The molecule has 2 heterocycles. The second kappa shape index (κ2) is 5.19. The monoisotopic (exact) mass is 285 g/mol. The van der Waals surface area contributed by atoms with E-state index in [0.717, 1.165) is 30.6 Å². The van der Waals surface area contributed by atoms with E-state index in [1.165, 1.54) is 16.5 Å². The molecule has 1 amide bonds. The first-order valence-corrected chi connectivity index (χ1v) is 7.55. The number of carbonyl (C=O) groups is 1. The molecule has 0 bridgehead atoms. The largest absolute Gasteiger partial charge is 0.350 e. The SMILES string of the molecule is Cc1ccc(C)c2c(C)c(C(=O)NC3CCN(C)C3)[nH]c12. The van der Waals surface area contributed by atoms with E-state index in [9.17, 15) is 4.79 Å². The van der Waals surface area contributed by atoms with Crippen molar-refractivity contribution in [3.63, 3.8) is 0 Å². The molecule has 2 N–H and O–H groups in total. The molecule has 1 aliphatic rings. The summed E-state index contributed by atoms with van der Waals surface area (Å²) in [5.74, 6) is 0.0165. The standard InChI is InChI=1S/C17H23N3O/c1-10-5-6-11(2)15-14(10)12(3)16(19-15)17(21)18-13-7-8-20(4)9-13/h5-6,13,19H,7-9H2,1-4H3,(H,18,21). The van der Waals surface area contributed by atoms with Crippen molar-refractivity contribution in [1.82, 2.24) is 15.2 Å². The van der Waals surface area contributed by atoms with Crippen molar-refractivity contribution in [3.8, 4) is 0 Å². The fraction of sp³-hybridized carbons (Fsp3) is 0.471. The highest BCUT2D eigenvalue weighted by Gasteiger charge is 2.24. The summed E-state index contributed by atoms with van der Waals surface area (Å²) in [7, 11) is 2.09. The number of likely N-dealkylation sites (N-methyl/N-ethyl adjacent to an activating group) is 1. The number of aryl methyl sites for hydroxylation is 3. The summed E-state index contributed by atoms with van der Waals surface area (Å²) in [6.45, 7) is 8.18.